The molecule has 1 aromatic carbocycles. The molecule has 0 aliphatic heterocycles. The zero-order chi connectivity index (χ0) is 12.3. The molecule has 0 N–H and O–H groups in total. The van der Waals surface area contributed by atoms with E-state index in [1.807, 2.05) is 30.3 Å². The molecular formula is C13H8BrClO2. The second-order valence-corrected chi connectivity index (χ2v) is 4.64. The Morgan fingerprint density at radius 3 is 2.82 bits per heavy atom. The van der Waals surface area contributed by atoms with Crippen molar-refractivity contribution in [2.75, 3.05) is 0 Å². The smallest absolute Gasteiger partial charge is 0.245 e. The minimum atomic E-state index is -0.523. The van der Waals surface area contributed by atoms with Crippen LogP contribution in [0.15, 0.2) is 51.4 Å². The van der Waals surface area contributed by atoms with Crippen molar-refractivity contribution in [1.82, 2.24) is 0 Å². The molecule has 2 nitrogen and oxygen atoms in total. The maximum atomic E-state index is 10.6. The summed E-state index contributed by atoms with van der Waals surface area (Å²) in [4.78, 5) is 10.6. The average Bonchev–Trinajstić information content (AvgIpc) is 2.75. The Balaban J connectivity index is 2.27. The molecule has 0 unspecified atom stereocenters. The zero-order valence-electron chi connectivity index (χ0n) is 8.69. The maximum absolute atomic E-state index is 10.6. The summed E-state index contributed by atoms with van der Waals surface area (Å²) in [6.07, 6.45) is 2.79. The van der Waals surface area contributed by atoms with Crippen LogP contribution in [0.5, 0.6) is 0 Å². The molecule has 0 radical (unpaired) electrons. The van der Waals surface area contributed by atoms with Crippen LogP contribution in [0.3, 0.4) is 0 Å². The highest BCUT2D eigenvalue weighted by atomic mass is 79.9. The topological polar surface area (TPSA) is 30.2 Å². The summed E-state index contributed by atoms with van der Waals surface area (Å²) >= 11 is 8.60. The quantitative estimate of drug-likeness (QED) is 0.617. The van der Waals surface area contributed by atoms with E-state index in [4.69, 9.17) is 16.0 Å². The molecule has 0 spiro atoms. The molecular weight excluding hydrogens is 303 g/mol. The van der Waals surface area contributed by atoms with Gasteiger partial charge in [0.05, 0.1) is 0 Å². The predicted molar refractivity (Wildman–Crippen MR) is 71.7 cm³/mol. The Bertz CT molecular complexity index is 572. The van der Waals surface area contributed by atoms with Gasteiger partial charge in [-0.2, -0.15) is 0 Å². The standard InChI is InChI=1S/C13H8BrClO2/c14-10-3-1-2-9(8-10)12-6-4-11(17-12)5-7-13(15)16/h1-8H/b7-5+. The number of hydrogen-bond acceptors (Lipinski definition) is 2. The van der Waals surface area contributed by atoms with Gasteiger partial charge >= 0.3 is 0 Å². The van der Waals surface area contributed by atoms with E-state index >= 15 is 0 Å². The summed E-state index contributed by atoms with van der Waals surface area (Å²) in [6, 6.07) is 11.4. The first-order valence-electron chi connectivity index (χ1n) is 4.88. The van der Waals surface area contributed by atoms with Gasteiger partial charge in [-0.05, 0) is 41.9 Å². The molecule has 0 saturated carbocycles. The van der Waals surface area contributed by atoms with E-state index in [-0.39, 0.29) is 0 Å². The Labute approximate surface area is 112 Å². The largest absolute Gasteiger partial charge is 0.457 e. The summed E-state index contributed by atoms with van der Waals surface area (Å²) in [5.41, 5.74) is 0.969. The summed E-state index contributed by atoms with van der Waals surface area (Å²) in [5.74, 6) is 1.34. The monoisotopic (exact) mass is 310 g/mol. The lowest BCUT2D eigenvalue weighted by molar-refractivity contribution is -0.107. The van der Waals surface area contributed by atoms with Crippen LogP contribution in [0.1, 0.15) is 5.76 Å². The molecule has 0 bridgehead atoms. The van der Waals surface area contributed by atoms with Crippen molar-refractivity contribution >= 4 is 38.8 Å². The SMILES string of the molecule is O=C(Cl)/C=C/c1ccc(-c2cccc(Br)c2)o1. The van der Waals surface area contributed by atoms with E-state index in [9.17, 15) is 4.79 Å². The number of rotatable bonds is 3. The molecule has 1 heterocycles. The summed E-state index contributed by atoms with van der Waals surface area (Å²) in [7, 11) is 0. The summed E-state index contributed by atoms with van der Waals surface area (Å²) in [5, 5.41) is -0.523. The van der Waals surface area contributed by atoms with Crippen LogP contribution in [0.4, 0.5) is 0 Å². The van der Waals surface area contributed by atoms with E-state index in [0.717, 1.165) is 15.8 Å². The van der Waals surface area contributed by atoms with Crippen molar-refractivity contribution in [3.05, 3.63) is 52.7 Å². The van der Waals surface area contributed by atoms with E-state index in [0.29, 0.717) is 5.76 Å². The maximum Gasteiger partial charge on any atom is 0.245 e. The van der Waals surface area contributed by atoms with Crippen LogP contribution in [0, 0.1) is 0 Å². The highest BCUT2D eigenvalue weighted by molar-refractivity contribution is 9.10. The second kappa shape index (κ2) is 5.34. The molecule has 1 aromatic heterocycles. The van der Waals surface area contributed by atoms with Crippen molar-refractivity contribution in [1.29, 1.82) is 0 Å². The van der Waals surface area contributed by atoms with Gasteiger partial charge in [-0.15, -0.1) is 0 Å². The number of carbonyl (C=O) groups excluding carboxylic acids is 1. The lowest BCUT2D eigenvalue weighted by Crippen LogP contribution is -1.74. The van der Waals surface area contributed by atoms with Gasteiger partial charge in [-0.25, -0.2) is 0 Å². The van der Waals surface area contributed by atoms with Crippen LogP contribution in [-0.2, 0) is 4.79 Å². The Morgan fingerprint density at radius 2 is 2.12 bits per heavy atom. The predicted octanol–water partition coefficient (Wildman–Crippen LogP) is 4.49. The zero-order valence-corrected chi connectivity index (χ0v) is 11.0. The third kappa shape index (κ3) is 3.32. The van der Waals surface area contributed by atoms with Gasteiger partial charge in [0.25, 0.3) is 0 Å². The van der Waals surface area contributed by atoms with Gasteiger partial charge in [-0.3, -0.25) is 4.79 Å². The molecule has 17 heavy (non-hydrogen) atoms. The molecule has 2 aromatic rings. The molecule has 0 aliphatic carbocycles. The molecule has 0 fully saturated rings. The highest BCUT2D eigenvalue weighted by Gasteiger charge is 2.03. The molecule has 2 rings (SSSR count). The number of furan rings is 1. The van der Waals surface area contributed by atoms with Gasteiger partial charge in [0.15, 0.2) is 0 Å². The summed E-state index contributed by atoms with van der Waals surface area (Å²) in [6.45, 7) is 0. The first-order chi connectivity index (χ1) is 8.15. The van der Waals surface area contributed by atoms with Crippen LogP contribution in [0.25, 0.3) is 17.4 Å². The molecule has 0 amide bonds. The van der Waals surface area contributed by atoms with E-state index in [1.54, 1.807) is 6.07 Å². The van der Waals surface area contributed by atoms with Gasteiger partial charge in [-0.1, -0.05) is 28.1 Å². The summed E-state index contributed by atoms with van der Waals surface area (Å²) < 4.78 is 6.54. The number of carbonyl (C=O) groups is 1. The van der Waals surface area contributed by atoms with Crippen LogP contribution in [-0.4, -0.2) is 5.24 Å². The number of hydrogen-bond donors (Lipinski definition) is 0. The lowest BCUT2D eigenvalue weighted by Gasteiger charge is -1.96. The van der Waals surface area contributed by atoms with E-state index in [1.165, 1.54) is 12.2 Å². The fourth-order valence-corrected chi connectivity index (χ4v) is 1.85. The normalized spacial score (nSPS) is 10.9. The van der Waals surface area contributed by atoms with Gasteiger partial charge in [0.2, 0.25) is 5.24 Å². The first-order valence-corrected chi connectivity index (χ1v) is 6.05. The fourth-order valence-electron chi connectivity index (χ4n) is 1.39. The van der Waals surface area contributed by atoms with Crippen LogP contribution in [0.2, 0.25) is 0 Å². The van der Waals surface area contributed by atoms with Crippen molar-refractivity contribution in [3.63, 3.8) is 0 Å². The third-order valence-corrected chi connectivity index (χ3v) is 2.73. The Morgan fingerprint density at radius 1 is 1.29 bits per heavy atom. The van der Waals surface area contributed by atoms with Crippen LogP contribution >= 0.6 is 27.5 Å². The minimum Gasteiger partial charge on any atom is -0.457 e. The number of allylic oxidation sites excluding steroid dienone is 1. The second-order valence-electron chi connectivity index (χ2n) is 3.35. The average molecular weight is 312 g/mol. The minimum absolute atomic E-state index is 0.523. The Hall–Kier alpha value is -1.32. The van der Waals surface area contributed by atoms with E-state index in [2.05, 4.69) is 15.9 Å². The fraction of sp³-hybridized carbons (Fsp3) is 0. The molecule has 0 saturated heterocycles. The molecule has 86 valence electrons. The van der Waals surface area contributed by atoms with Crippen molar-refractivity contribution in [2.24, 2.45) is 0 Å². The molecule has 0 atom stereocenters. The van der Waals surface area contributed by atoms with Crippen molar-refractivity contribution < 1.29 is 9.21 Å². The van der Waals surface area contributed by atoms with Crippen LogP contribution < -0.4 is 0 Å². The van der Waals surface area contributed by atoms with Gasteiger partial charge in [0, 0.05) is 16.1 Å². The number of halogens is 2. The molecule has 0 aliphatic rings. The Kier molecular flexibility index (Phi) is 3.82. The first kappa shape index (κ1) is 12.1. The van der Waals surface area contributed by atoms with Crippen molar-refractivity contribution in [3.8, 4) is 11.3 Å². The lowest BCUT2D eigenvalue weighted by atomic mass is 10.2. The van der Waals surface area contributed by atoms with Gasteiger partial charge < -0.3 is 4.42 Å². The third-order valence-electron chi connectivity index (χ3n) is 2.11. The number of benzene rings is 1. The van der Waals surface area contributed by atoms with Crippen molar-refractivity contribution in [2.45, 2.75) is 0 Å². The van der Waals surface area contributed by atoms with Gasteiger partial charge in [0.1, 0.15) is 11.5 Å². The highest BCUT2D eigenvalue weighted by Crippen LogP contribution is 2.25. The molecule has 4 heteroatoms. The van der Waals surface area contributed by atoms with E-state index < -0.39 is 5.24 Å².